The van der Waals surface area contributed by atoms with Gasteiger partial charge >= 0.3 is 12.0 Å². The van der Waals surface area contributed by atoms with Crippen molar-refractivity contribution in [3.05, 3.63) is 60.4 Å². The van der Waals surface area contributed by atoms with E-state index < -0.39 is 17.9 Å². The molecule has 26 heavy (non-hydrogen) atoms. The van der Waals surface area contributed by atoms with Gasteiger partial charge in [-0.25, -0.2) is 14.6 Å². The third kappa shape index (κ3) is 5.85. The Hall–Kier alpha value is -2.94. The highest BCUT2D eigenvalue weighted by molar-refractivity contribution is 6.00. The minimum atomic E-state index is -0.824. The third-order valence-electron chi connectivity index (χ3n) is 3.19. The van der Waals surface area contributed by atoms with Crippen LogP contribution in [0.1, 0.15) is 17.3 Å². The third-order valence-corrected chi connectivity index (χ3v) is 3.19. The van der Waals surface area contributed by atoms with Crippen molar-refractivity contribution in [1.82, 2.24) is 5.43 Å². The van der Waals surface area contributed by atoms with Crippen molar-refractivity contribution in [1.29, 1.82) is 0 Å². The number of pyridine rings is 1. The van der Waals surface area contributed by atoms with Gasteiger partial charge < -0.3 is 27.5 Å². The van der Waals surface area contributed by atoms with Gasteiger partial charge in [0, 0.05) is 6.07 Å². The summed E-state index contributed by atoms with van der Waals surface area (Å²) in [6.45, 7) is 1.98. The van der Waals surface area contributed by atoms with Crippen LogP contribution < -0.4 is 37.7 Å². The summed E-state index contributed by atoms with van der Waals surface area (Å²) >= 11 is 0. The second-order valence-electron chi connectivity index (χ2n) is 5.02. The van der Waals surface area contributed by atoms with Gasteiger partial charge in [-0.3, -0.25) is 10.2 Å². The van der Waals surface area contributed by atoms with Gasteiger partial charge in [0.25, 0.3) is 5.91 Å². The first-order valence-electron chi connectivity index (χ1n) is 7.61. The van der Waals surface area contributed by atoms with E-state index in [0.29, 0.717) is 5.69 Å². The molecule has 9 heteroatoms. The molecule has 138 valence electrons. The van der Waals surface area contributed by atoms with E-state index in [-0.39, 0.29) is 35.7 Å². The van der Waals surface area contributed by atoms with Crippen LogP contribution in [0.4, 0.5) is 10.5 Å². The zero-order chi connectivity index (χ0) is 18.2. The predicted molar refractivity (Wildman–Crippen MR) is 89.2 cm³/mol. The summed E-state index contributed by atoms with van der Waals surface area (Å²) in [5.41, 5.74) is 8.46. The standard InChI is InChI=1S/C17H18N4O4.BrH/c1-2-25-15(22)12-20-10-6-7-13(11-20)16(23)19-21(17(18)24)14-8-4-3-5-9-14;/h3-11H,2,12H2,1H3,(H2-,18,19,23,24);1H. The molecule has 0 unspecified atom stereocenters. The van der Waals surface area contributed by atoms with Gasteiger partial charge in [0.15, 0.2) is 12.4 Å². The molecule has 1 heterocycles. The van der Waals surface area contributed by atoms with Crippen LogP contribution in [-0.4, -0.2) is 24.5 Å². The number of ether oxygens (including phenoxy) is 1. The zero-order valence-electron chi connectivity index (χ0n) is 14.1. The first-order valence-corrected chi connectivity index (χ1v) is 7.61. The Bertz CT molecular complexity index is 770. The van der Waals surface area contributed by atoms with E-state index in [4.69, 9.17) is 10.5 Å². The molecule has 0 fully saturated rings. The summed E-state index contributed by atoms with van der Waals surface area (Å²) in [4.78, 5) is 35.6. The van der Waals surface area contributed by atoms with Crippen molar-refractivity contribution in [2.45, 2.75) is 13.5 Å². The second-order valence-corrected chi connectivity index (χ2v) is 5.02. The Labute approximate surface area is 161 Å². The van der Waals surface area contributed by atoms with Crippen LogP contribution in [-0.2, 0) is 16.1 Å². The molecule has 0 bridgehead atoms. The number of hydrogen-bond acceptors (Lipinski definition) is 4. The fraction of sp³-hybridized carbons (Fsp3) is 0.176. The van der Waals surface area contributed by atoms with Gasteiger partial charge in [0.2, 0.25) is 6.54 Å². The second kappa shape index (κ2) is 10.1. The first kappa shape index (κ1) is 21.1. The van der Waals surface area contributed by atoms with Crippen molar-refractivity contribution >= 4 is 23.6 Å². The largest absolute Gasteiger partial charge is 1.00 e. The number of urea groups is 1. The molecule has 0 aliphatic heterocycles. The molecule has 0 spiro atoms. The normalized spacial score (nSPS) is 9.58. The lowest BCUT2D eigenvalue weighted by atomic mass is 10.2. The topological polar surface area (TPSA) is 106 Å². The van der Waals surface area contributed by atoms with E-state index >= 15 is 0 Å². The van der Waals surface area contributed by atoms with Crippen LogP contribution in [0.3, 0.4) is 0 Å². The maximum absolute atomic E-state index is 12.4. The van der Waals surface area contributed by atoms with Crippen molar-refractivity contribution in [2.75, 3.05) is 11.6 Å². The number of carbonyl (C=O) groups excluding carboxylic acids is 3. The van der Waals surface area contributed by atoms with Gasteiger partial charge in [0.1, 0.15) is 5.56 Å². The highest BCUT2D eigenvalue weighted by atomic mass is 79.9. The number of esters is 1. The highest BCUT2D eigenvalue weighted by Crippen LogP contribution is 2.11. The van der Waals surface area contributed by atoms with Crippen LogP contribution in [0.5, 0.6) is 0 Å². The molecule has 8 nitrogen and oxygen atoms in total. The van der Waals surface area contributed by atoms with Crippen molar-refractivity contribution in [2.24, 2.45) is 5.73 Å². The van der Waals surface area contributed by atoms with Crippen LogP contribution in [0, 0.1) is 0 Å². The average Bonchev–Trinajstić information content (AvgIpc) is 2.60. The maximum Gasteiger partial charge on any atom is 0.372 e. The number of anilines is 1. The van der Waals surface area contributed by atoms with Crippen molar-refractivity contribution in [3.8, 4) is 0 Å². The number of amides is 3. The van der Waals surface area contributed by atoms with Gasteiger partial charge in [-0.2, -0.15) is 4.57 Å². The van der Waals surface area contributed by atoms with E-state index in [1.54, 1.807) is 55.6 Å². The molecule has 3 amide bonds. The summed E-state index contributed by atoms with van der Waals surface area (Å²) in [5, 5.41) is 0.949. The number of aromatic nitrogens is 1. The monoisotopic (exact) mass is 422 g/mol. The Morgan fingerprint density at radius 1 is 1.15 bits per heavy atom. The number of para-hydroxylation sites is 1. The molecule has 0 radical (unpaired) electrons. The van der Waals surface area contributed by atoms with Crippen LogP contribution in [0.25, 0.3) is 0 Å². The van der Waals surface area contributed by atoms with Crippen LogP contribution >= 0.6 is 0 Å². The highest BCUT2D eigenvalue weighted by Gasteiger charge is 2.19. The maximum atomic E-state index is 12.4. The predicted octanol–water partition coefficient (Wildman–Crippen LogP) is -2.23. The first-order chi connectivity index (χ1) is 12.0. The Kier molecular flexibility index (Phi) is 8.23. The fourth-order valence-corrected chi connectivity index (χ4v) is 2.10. The molecule has 2 rings (SSSR count). The van der Waals surface area contributed by atoms with E-state index in [0.717, 1.165) is 5.01 Å². The summed E-state index contributed by atoms with van der Waals surface area (Å²) in [5.74, 6) is -0.950. The lowest BCUT2D eigenvalue weighted by Gasteiger charge is -2.20. The summed E-state index contributed by atoms with van der Waals surface area (Å²) < 4.78 is 6.39. The summed E-state index contributed by atoms with van der Waals surface area (Å²) in [6, 6.07) is 10.8. The Morgan fingerprint density at radius 2 is 1.85 bits per heavy atom. The summed E-state index contributed by atoms with van der Waals surface area (Å²) in [6.07, 6.45) is 3.12. The van der Waals surface area contributed by atoms with E-state index in [1.807, 2.05) is 0 Å². The molecule has 0 saturated carbocycles. The average molecular weight is 423 g/mol. The number of benzene rings is 1. The molecular formula is C17H19BrN4O4. The SMILES string of the molecule is CCOC(=O)C[n+]1cccc(C(=O)NN(C(N)=O)c2ccccc2)c1.[Br-]. The van der Waals surface area contributed by atoms with E-state index in [1.165, 1.54) is 10.8 Å². The molecule has 1 aromatic carbocycles. The molecule has 3 N–H and O–H groups in total. The Morgan fingerprint density at radius 3 is 2.46 bits per heavy atom. The van der Waals surface area contributed by atoms with Gasteiger partial charge in [0.05, 0.1) is 12.3 Å². The van der Waals surface area contributed by atoms with Gasteiger partial charge in [-0.05, 0) is 25.1 Å². The minimum absolute atomic E-state index is 0. The number of nitrogens with zero attached hydrogens (tertiary/aromatic N) is 2. The molecule has 0 aliphatic rings. The smallest absolute Gasteiger partial charge is 0.372 e. The summed E-state index contributed by atoms with van der Waals surface area (Å²) in [7, 11) is 0. The lowest BCUT2D eigenvalue weighted by Crippen LogP contribution is -3.00. The number of rotatable bonds is 5. The number of carbonyl (C=O) groups is 3. The molecule has 1 aromatic heterocycles. The van der Waals surface area contributed by atoms with Gasteiger partial charge in [-0.1, -0.05) is 18.2 Å². The lowest BCUT2D eigenvalue weighted by molar-refractivity contribution is -0.686. The Balaban J connectivity index is 0.00000338. The van der Waals surface area contributed by atoms with Crippen molar-refractivity contribution < 1.29 is 40.7 Å². The molecule has 0 aliphatic carbocycles. The number of nitrogens with two attached hydrogens (primary N) is 1. The zero-order valence-corrected chi connectivity index (χ0v) is 15.7. The number of hydrogen-bond donors (Lipinski definition) is 2. The van der Waals surface area contributed by atoms with Gasteiger partial charge in [-0.15, -0.1) is 0 Å². The molecular weight excluding hydrogens is 404 g/mol. The number of nitrogens with one attached hydrogen (secondary N) is 1. The number of hydrazine groups is 1. The number of halogens is 1. The van der Waals surface area contributed by atoms with Crippen molar-refractivity contribution in [3.63, 3.8) is 0 Å². The van der Waals surface area contributed by atoms with Crippen LogP contribution in [0.2, 0.25) is 0 Å². The fourth-order valence-electron chi connectivity index (χ4n) is 2.10. The quantitative estimate of drug-likeness (QED) is 0.323. The minimum Gasteiger partial charge on any atom is -1.00 e. The molecule has 2 aromatic rings. The van der Waals surface area contributed by atoms with E-state index in [9.17, 15) is 14.4 Å². The number of primary amides is 1. The molecule has 0 atom stereocenters. The molecule has 0 saturated heterocycles. The van der Waals surface area contributed by atoms with E-state index in [2.05, 4.69) is 5.43 Å². The van der Waals surface area contributed by atoms with Crippen LogP contribution in [0.15, 0.2) is 54.9 Å².